The Kier molecular flexibility index (Phi) is 5.36. The van der Waals surface area contributed by atoms with Gasteiger partial charge in [-0.25, -0.2) is 5.43 Å². The van der Waals surface area contributed by atoms with Crippen molar-refractivity contribution in [2.75, 3.05) is 7.11 Å². The van der Waals surface area contributed by atoms with Crippen LogP contribution < -0.4 is 10.2 Å². The van der Waals surface area contributed by atoms with Crippen molar-refractivity contribution in [2.45, 2.75) is 0 Å². The van der Waals surface area contributed by atoms with Crippen molar-refractivity contribution in [1.29, 1.82) is 0 Å². The van der Waals surface area contributed by atoms with E-state index in [0.717, 1.165) is 29.7 Å². The summed E-state index contributed by atoms with van der Waals surface area (Å²) in [5.41, 5.74) is 1.81. The molecule has 0 aliphatic heterocycles. The fourth-order valence-electron chi connectivity index (χ4n) is 2.45. The Balaban J connectivity index is 1.81. The minimum absolute atomic E-state index is 0.0247. The Hall–Kier alpha value is -4.06. The van der Waals surface area contributed by atoms with Crippen LogP contribution in [0.25, 0.3) is 10.1 Å². The number of nitro groups is 2. The molecule has 2 aromatic carbocycles. The zero-order chi connectivity index (χ0) is 21.1. The van der Waals surface area contributed by atoms with Crippen molar-refractivity contribution in [3.63, 3.8) is 0 Å². The number of ether oxygens (including phenoxy) is 1. The van der Waals surface area contributed by atoms with Gasteiger partial charge in [-0.2, -0.15) is 5.10 Å². The number of amides is 1. The van der Waals surface area contributed by atoms with Crippen molar-refractivity contribution >= 4 is 44.9 Å². The molecule has 148 valence electrons. The smallest absolute Gasteiger partial charge is 0.281 e. The topological polar surface area (TPSA) is 157 Å². The number of nitrogens with zero attached hydrogens (tertiary/aromatic N) is 3. The number of carbonyl (C=O) groups is 1. The third-order valence-corrected chi connectivity index (χ3v) is 4.94. The summed E-state index contributed by atoms with van der Waals surface area (Å²) in [5, 5.41) is 36.1. The number of phenols is 1. The molecule has 0 saturated heterocycles. The van der Waals surface area contributed by atoms with Crippen LogP contribution in [0.4, 0.5) is 11.4 Å². The monoisotopic (exact) mass is 416 g/mol. The number of hydrogen-bond acceptors (Lipinski definition) is 9. The van der Waals surface area contributed by atoms with Gasteiger partial charge in [0.05, 0.1) is 34.1 Å². The Morgan fingerprint density at radius 2 is 1.90 bits per heavy atom. The maximum atomic E-state index is 12.3. The molecular formula is C17H12N4O7S. The molecule has 0 aliphatic rings. The third kappa shape index (κ3) is 4.11. The second kappa shape index (κ2) is 7.90. The Labute approximate surface area is 166 Å². The molecule has 1 aromatic heterocycles. The average molecular weight is 416 g/mol. The van der Waals surface area contributed by atoms with Gasteiger partial charge in [0.2, 0.25) is 0 Å². The van der Waals surface area contributed by atoms with Crippen LogP contribution in [0.3, 0.4) is 0 Å². The van der Waals surface area contributed by atoms with Crippen molar-refractivity contribution in [2.24, 2.45) is 5.10 Å². The highest BCUT2D eigenvalue weighted by molar-refractivity contribution is 7.20. The zero-order valence-corrected chi connectivity index (χ0v) is 15.5. The molecule has 0 spiro atoms. The van der Waals surface area contributed by atoms with E-state index in [1.165, 1.54) is 25.3 Å². The number of aromatic hydroxyl groups is 1. The average Bonchev–Trinajstić information content (AvgIpc) is 3.12. The summed E-state index contributed by atoms with van der Waals surface area (Å²) < 4.78 is 5.57. The summed E-state index contributed by atoms with van der Waals surface area (Å²) in [6, 6.07) is 7.88. The molecule has 0 aliphatic carbocycles. The van der Waals surface area contributed by atoms with E-state index in [4.69, 9.17) is 4.74 Å². The Morgan fingerprint density at radius 3 is 2.55 bits per heavy atom. The number of hydrogen-bond donors (Lipinski definition) is 2. The lowest BCUT2D eigenvalue weighted by Crippen LogP contribution is -2.16. The number of methoxy groups -OCH3 is 1. The van der Waals surface area contributed by atoms with Gasteiger partial charge in [-0.15, -0.1) is 11.3 Å². The number of hydrazone groups is 1. The maximum Gasteiger partial charge on any atom is 0.281 e. The van der Waals surface area contributed by atoms with E-state index >= 15 is 0 Å². The predicted octanol–water partition coefficient (Wildman–Crippen LogP) is 3.20. The van der Waals surface area contributed by atoms with Crippen molar-refractivity contribution in [3.8, 4) is 11.5 Å². The Morgan fingerprint density at radius 1 is 1.17 bits per heavy atom. The SMILES string of the molecule is COc1cc([N+](=O)[O-])cc(C=NNC(=O)c2cc3cc([N+](=O)[O-])ccc3s2)c1O. The molecule has 3 aromatic rings. The molecule has 2 N–H and O–H groups in total. The van der Waals surface area contributed by atoms with E-state index in [1.54, 1.807) is 6.07 Å². The maximum absolute atomic E-state index is 12.3. The number of carbonyl (C=O) groups excluding carboxylic acids is 1. The van der Waals surface area contributed by atoms with Gasteiger partial charge in [0.1, 0.15) is 0 Å². The first-order valence-corrected chi connectivity index (χ1v) is 8.68. The molecule has 0 unspecified atom stereocenters. The number of nitrogens with one attached hydrogen (secondary N) is 1. The Bertz CT molecular complexity index is 1170. The van der Waals surface area contributed by atoms with Gasteiger partial charge >= 0.3 is 0 Å². The van der Waals surface area contributed by atoms with Crippen LogP contribution in [-0.2, 0) is 0 Å². The van der Waals surface area contributed by atoms with Crippen LogP contribution >= 0.6 is 11.3 Å². The summed E-state index contributed by atoms with van der Waals surface area (Å²) in [4.78, 5) is 33.1. The summed E-state index contributed by atoms with van der Waals surface area (Å²) in [6.07, 6.45) is 1.04. The number of nitro benzene ring substituents is 2. The summed E-state index contributed by atoms with van der Waals surface area (Å²) in [7, 11) is 1.24. The standard InChI is InChI=1S/C17H12N4O7S/c1-28-13-7-12(21(26)27)5-10(16(13)22)8-18-19-17(23)15-6-9-4-11(20(24)25)2-3-14(9)29-15/h2-8,22H,1H3,(H,19,23). The van der Waals surface area contributed by atoms with Crippen LogP contribution in [0.5, 0.6) is 11.5 Å². The summed E-state index contributed by atoms with van der Waals surface area (Å²) in [5.74, 6) is -1.06. The highest BCUT2D eigenvalue weighted by Gasteiger charge is 2.16. The molecule has 1 heterocycles. The van der Waals surface area contributed by atoms with Gasteiger partial charge in [0.25, 0.3) is 17.3 Å². The number of benzene rings is 2. The molecule has 29 heavy (non-hydrogen) atoms. The molecule has 0 saturated carbocycles. The van der Waals surface area contributed by atoms with Gasteiger partial charge in [-0.3, -0.25) is 25.0 Å². The molecule has 0 atom stereocenters. The molecule has 3 rings (SSSR count). The normalized spacial score (nSPS) is 10.9. The number of rotatable bonds is 6. The summed E-state index contributed by atoms with van der Waals surface area (Å²) >= 11 is 1.12. The van der Waals surface area contributed by atoms with Crippen molar-refractivity contribution in [1.82, 2.24) is 5.43 Å². The fraction of sp³-hybridized carbons (Fsp3) is 0.0588. The van der Waals surface area contributed by atoms with Crippen LogP contribution in [-0.4, -0.2) is 34.2 Å². The molecule has 11 nitrogen and oxygen atoms in total. The quantitative estimate of drug-likeness (QED) is 0.355. The molecular weight excluding hydrogens is 404 g/mol. The summed E-state index contributed by atoms with van der Waals surface area (Å²) in [6.45, 7) is 0. The number of fused-ring (bicyclic) bond motifs is 1. The second-order valence-corrected chi connectivity index (χ2v) is 6.72. The van der Waals surface area contributed by atoms with E-state index < -0.39 is 15.8 Å². The highest BCUT2D eigenvalue weighted by Crippen LogP contribution is 2.33. The van der Waals surface area contributed by atoms with E-state index in [0.29, 0.717) is 10.1 Å². The zero-order valence-electron chi connectivity index (χ0n) is 14.7. The van der Waals surface area contributed by atoms with Crippen LogP contribution in [0, 0.1) is 20.2 Å². The third-order valence-electron chi connectivity index (χ3n) is 3.82. The number of non-ortho nitro benzene ring substituents is 2. The van der Waals surface area contributed by atoms with Gasteiger partial charge in [0, 0.05) is 33.8 Å². The van der Waals surface area contributed by atoms with Crippen LogP contribution in [0.1, 0.15) is 15.2 Å². The van der Waals surface area contributed by atoms with Crippen LogP contribution in [0.2, 0.25) is 0 Å². The van der Waals surface area contributed by atoms with E-state index in [-0.39, 0.29) is 33.3 Å². The van der Waals surface area contributed by atoms with E-state index in [9.17, 15) is 30.1 Å². The highest BCUT2D eigenvalue weighted by atomic mass is 32.1. The molecule has 1 amide bonds. The molecule has 0 fully saturated rings. The van der Waals surface area contributed by atoms with Gasteiger partial charge in [-0.1, -0.05) is 0 Å². The number of thiophene rings is 1. The van der Waals surface area contributed by atoms with Crippen molar-refractivity contribution in [3.05, 3.63) is 67.1 Å². The second-order valence-electron chi connectivity index (χ2n) is 5.63. The molecule has 0 bridgehead atoms. The van der Waals surface area contributed by atoms with E-state index in [1.807, 2.05) is 0 Å². The molecule has 0 radical (unpaired) electrons. The predicted molar refractivity (Wildman–Crippen MR) is 105 cm³/mol. The largest absolute Gasteiger partial charge is 0.504 e. The van der Waals surface area contributed by atoms with E-state index in [2.05, 4.69) is 10.5 Å². The lowest BCUT2D eigenvalue weighted by molar-refractivity contribution is -0.385. The van der Waals surface area contributed by atoms with Crippen molar-refractivity contribution < 1.29 is 24.5 Å². The first-order chi connectivity index (χ1) is 13.8. The van der Waals surface area contributed by atoms with Gasteiger partial charge < -0.3 is 9.84 Å². The first-order valence-electron chi connectivity index (χ1n) is 7.87. The lowest BCUT2D eigenvalue weighted by Gasteiger charge is -2.05. The van der Waals surface area contributed by atoms with Gasteiger partial charge in [-0.05, 0) is 12.1 Å². The minimum Gasteiger partial charge on any atom is -0.504 e. The minimum atomic E-state index is -0.658. The molecule has 12 heteroatoms. The van der Waals surface area contributed by atoms with Gasteiger partial charge in [0.15, 0.2) is 11.5 Å². The fourth-order valence-corrected chi connectivity index (χ4v) is 3.38. The lowest BCUT2D eigenvalue weighted by atomic mass is 10.2. The van der Waals surface area contributed by atoms with Crippen LogP contribution in [0.15, 0.2) is 41.5 Å². The first kappa shape index (κ1) is 19.7. The number of phenolic OH excluding ortho intramolecular Hbond substituents is 1.